The quantitative estimate of drug-likeness (QED) is 0.882. The topological polar surface area (TPSA) is 12.0 Å². The van der Waals surface area contributed by atoms with Crippen LogP contribution in [0.25, 0.3) is 0 Å². The number of hydrogen-bond donors (Lipinski definition) is 1. The van der Waals surface area contributed by atoms with E-state index in [1.807, 2.05) is 0 Å². The Labute approximate surface area is 110 Å². The van der Waals surface area contributed by atoms with Crippen LogP contribution < -0.4 is 5.32 Å². The van der Waals surface area contributed by atoms with Crippen molar-refractivity contribution >= 4 is 27.3 Å². The van der Waals surface area contributed by atoms with Crippen LogP contribution in [0.1, 0.15) is 37.3 Å². The van der Waals surface area contributed by atoms with Crippen LogP contribution in [0.15, 0.2) is 15.2 Å². The van der Waals surface area contributed by atoms with Crippen molar-refractivity contribution in [3.8, 4) is 0 Å². The average Bonchev–Trinajstić information content (AvgIpc) is 2.97. The molecular weight excluding hydrogens is 282 g/mol. The second-order valence-corrected chi connectivity index (χ2v) is 6.88. The first-order chi connectivity index (χ1) is 7.79. The van der Waals surface area contributed by atoms with E-state index in [0.29, 0.717) is 6.04 Å². The molecule has 88 valence electrons. The third kappa shape index (κ3) is 1.77. The van der Waals surface area contributed by atoms with Crippen molar-refractivity contribution in [1.82, 2.24) is 5.32 Å². The van der Waals surface area contributed by atoms with E-state index in [0.717, 1.165) is 17.8 Å². The fourth-order valence-corrected chi connectivity index (χ4v) is 5.40. The summed E-state index contributed by atoms with van der Waals surface area (Å²) in [6, 6.07) is 0.566. The lowest BCUT2D eigenvalue weighted by molar-refractivity contribution is 0.259. The summed E-state index contributed by atoms with van der Waals surface area (Å²) in [5.41, 5.74) is 1.48. The predicted molar refractivity (Wildman–Crippen MR) is 72.8 cm³/mol. The molecule has 3 rings (SSSR count). The summed E-state index contributed by atoms with van der Waals surface area (Å²) in [6.07, 6.45) is 5.89. The average molecular weight is 300 g/mol. The normalized spacial score (nSPS) is 34.5. The van der Waals surface area contributed by atoms with Crippen LogP contribution >= 0.6 is 27.3 Å². The highest BCUT2D eigenvalue weighted by molar-refractivity contribution is 9.10. The smallest absolute Gasteiger partial charge is 0.0368 e. The molecule has 0 amide bonds. The molecule has 4 atom stereocenters. The van der Waals surface area contributed by atoms with Crippen LogP contribution in [0.5, 0.6) is 0 Å². The molecule has 0 saturated heterocycles. The van der Waals surface area contributed by atoms with Gasteiger partial charge in [0.2, 0.25) is 0 Å². The molecule has 1 heterocycles. The van der Waals surface area contributed by atoms with Crippen molar-refractivity contribution in [2.75, 3.05) is 7.05 Å². The molecule has 16 heavy (non-hydrogen) atoms. The molecule has 0 aliphatic heterocycles. The van der Waals surface area contributed by atoms with Gasteiger partial charge in [-0.25, -0.2) is 0 Å². The zero-order valence-corrected chi connectivity index (χ0v) is 12.0. The summed E-state index contributed by atoms with van der Waals surface area (Å²) < 4.78 is 1.29. The highest BCUT2D eigenvalue weighted by Gasteiger charge is 2.43. The second-order valence-electron chi connectivity index (χ2n) is 5.28. The molecule has 0 aromatic carbocycles. The molecule has 2 bridgehead atoms. The van der Waals surface area contributed by atoms with E-state index in [9.17, 15) is 0 Å². The monoisotopic (exact) mass is 299 g/mol. The van der Waals surface area contributed by atoms with Crippen LogP contribution in [0.2, 0.25) is 0 Å². The van der Waals surface area contributed by atoms with Crippen LogP contribution in [-0.4, -0.2) is 7.05 Å². The number of hydrogen-bond acceptors (Lipinski definition) is 2. The molecule has 3 heteroatoms. The maximum absolute atomic E-state index is 3.68. The predicted octanol–water partition coefficient (Wildman–Crippen LogP) is 4.21. The van der Waals surface area contributed by atoms with Crippen molar-refractivity contribution in [3.05, 3.63) is 20.8 Å². The van der Waals surface area contributed by atoms with Crippen molar-refractivity contribution in [1.29, 1.82) is 0 Å². The molecule has 1 nitrogen and oxygen atoms in total. The first-order valence-electron chi connectivity index (χ1n) is 6.18. The van der Waals surface area contributed by atoms with Crippen molar-refractivity contribution in [3.63, 3.8) is 0 Å². The zero-order valence-electron chi connectivity index (χ0n) is 9.58. The summed E-state index contributed by atoms with van der Waals surface area (Å²) in [6.45, 7) is 0. The van der Waals surface area contributed by atoms with E-state index < -0.39 is 0 Å². The van der Waals surface area contributed by atoms with Crippen LogP contribution in [0, 0.1) is 17.8 Å². The SMILES string of the molecule is CNC(c1cscc1Br)C1CC2CCC1C2. The summed E-state index contributed by atoms with van der Waals surface area (Å²) in [4.78, 5) is 0. The fraction of sp³-hybridized carbons (Fsp3) is 0.692. The Bertz CT molecular complexity index is 376. The lowest BCUT2D eigenvalue weighted by Gasteiger charge is -2.30. The van der Waals surface area contributed by atoms with E-state index in [-0.39, 0.29) is 0 Å². The van der Waals surface area contributed by atoms with Gasteiger partial charge in [0.05, 0.1) is 0 Å². The number of fused-ring (bicyclic) bond motifs is 2. The van der Waals surface area contributed by atoms with Gasteiger partial charge in [-0.1, -0.05) is 6.42 Å². The largest absolute Gasteiger partial charge is 0.313 e. The second kappa shape index (κ2) is 4.43. The van der Waals surface area contributed by atoms with Gasteiger partial charge < -0.3 is 5.32 Å². The third-order valence-electron chi connectivity index (χ3n) is 4.51. The van der Waals surface area contributed by atoms with Gasteiger partial charge in [-0.05, 0) is 70.9 Å². The zero-order chi connectivity index (χ0) is 11.1. The molecule has 2 aliphatic carbocycles. The summed E-state index contributed by atoms with van der Waals surface area (Å²) in [5, 5.41) is 8.05. The van der Waals surface area contributed by atoms with E-state index >= 15 is 0 Å². The van der Waals surface area contributed by atoms with E-state index in [1.165, 1.54) is 35.7 Å². The molecule has 2 aliphatic rings. The van der Waals surface area contributed by atoms with E-state index in [2.05, 4.69) is 39.1 Å². The Morgan fingerprint density at radius 2 is 2.25 bits per heavy atom. The molecule has 0 spiro atoms. The maximum atomic E-state index is 3.68. The Balaban J connectivity index is 1.84. The van der Waals surface area contributed by atoms with Crippen LogP contribution in [0.3, 0.4) is 0 Å². The van der Waals surface area contributed by atoms with Gasteiger partial charge in [0.25, 0.3) is 0 Å². The lowest BCUT2D eigenvalue weighted by Crippen LogP contribution is -2.28. The molecule has 1 aromatic heterocycles. The van der Waals surface area contributed by atoms with Gasteiger partial charge in [0.1, 0.15) is 0 Å². The number of halogens is 1. The van der Waals surface area contributed by atoms with Gasteiger partial charge >= 0.3 is 0 Å². The number of rotatable bonds is 3. The summed E-state index contributed by atoms with van der Waals surface area (Å²) >= 11 is 5.48. The Morgan fingerprint density at radius 3 is 2.75 bits per heavy atom. The highest BCUT2D eigenvalue weighted by atomic mass is 79.9. The van der Waals surface area contributed by atoms with E-state index in [4.69, 9.17) is 0 Å². The summed E-state index contributed by atoms with van der Waals surface area (Å²) in [7, 11) is 2.11. The highest BCUT2D eigenvalue weighted by Crippen LogP contribution is 2.53. The maximum Gasteiger partial charge on any atom is 0.0368 e. The van der Waals surface area contributed by atoms with Crippen molar-refractivity contribution < 1.29 is 0 Å². The molecular formula is C13H18BrNS. The van der Waals surface area contributed by atoms with Crippen LogP contribution in [0.4, 0.5) is 0 Å². The van der Waals surface area contributed by atoms with Gasteiger partial charge in [-0.15, -0.1) is 0 Å². The van der Waals surface area contributed by atoms with Gasteiger partial charge in [0.15, 0.2) is 0 Å². The molecule has 1 aromatic rings. The minimum atomic E-state index is 0.566. The molecule has 2 saturated carbocycles. The first kappa shape index (κ1) is 11.2. The van der Waals surface area contributed by atoms with Crippen LogP contribution in [-0.2, 0) is 0 Å². The molecule has 0 radical (unpaired) electrons. The summed E-state index contributed by atoms with van der Waals surface area (Å²) in [5.74, 6) is 2.88. The van der Waals surface area contributed by atoms with Gasteiger partial charge in [-0.2, -0.15) is 11.3 Å². The Hall–Kier alpha value is 0.140. The van der Waals surface area contributed by atoms with Gasteiger partial charge in [0, 0.05) is 15.9 Å². The van der Waals surface area contributed by atoms with Crippen molar-refractivity contribution in [2.45, 2.75) is 31.7 Å². The van der Waals surface area contributed by atoms with Gasteiger partial charge in [-0.3, -0.25) is 0 Å². The van der Waals surface area contributed by atoms with E-state index in [1.54, 1.807) is 11.3 Å². The van der Waals surface area contributed by atoms with Crippen molar-refractivity contribution in [2.24, 2.45) is 17.8 Å². The Morgan fingerprint density at radius 1 is 1.38 bits per heavy atom. The number of nitrogens with one attached hydrogen (secondary N) is 1. The molecule has 2 fully saturated rings. The fourth-order valence-electron chi connectivity index (χ4n) is 3.82. The Kier molecular flexibility index (Phi) is 3.11. The number of thiophene rings is 1. The molecule has 4 unspecified atom stereocenters. The lowest BCUT2D eigenvalue weighted by atomic mass is 9.81. The standard InChI is InChI=1S/C13H18BrNS/c1-15-13(11-6-16-7-12(11)14)10-5-8-2-3-9(10)4-8/h6-10,13,15H,2-5H2,1H3. The third-order valence-corrected chi connectivity index (χ3v) is 6.26. The minimum Gasteiger partial charge on any atom is -0.313 e. The molecule has 1 N–H and O–H groups in total. The first-order valence-corrected chi connectivity index (χ1v) is 7.92. The minimum absolute atomic E-state index is 0.566.